The van der Waals surface area contributed by atoms with Crippen LogP contribution in [0, 0.1) is 0 Å². The molecule has 0 bridgehead atoms. The van der Waals surface area contributed by atoms with Gasteiger partial charge in [0.05, 0.1) is 6.54 Å². The van der Waals surface area contributed by atoms with Crippen LogP contribution in [0.4, 0.5) is 0 Å². The Bertz CT molecular complexity index is 99.5. The van der Waals surface area contributed by atoms with Gasteiger partial charge in [-0.3, -0.25) is 9.59 Å². The van der Waals surface area contributed by atoms with Gasteiger partial charge in [0.2, 0.25) is 5.91 Å². The molecule has 5 heteroatoms. The monoisotopic (exact) mass is 148 g/mol. The molecule has 5 nitrogen and oxygen atoms in total. The van der Waals surface area contributed by atoms with Crippen LogP contribution in [-0.2, 0) is 9.59 Å². The molecule has 0 aliphatic heterocycles. The van der Waals surface area contributed by atoms with E-state index in [0.717, 1.165) is 0 Å². The van der Waals surface area contributed by atoms with Crippen molar-refractivity contribution in [2.45, 2.75) is 13.3 Å². The zero-order valence-electron chi connectivity index (χ0n) is 5.83. The van der Waals surface area contributed by atoms with Crippen molar-refractivity contribution in [2.24, 2.45) is 11.5 Å². The first kappa shape index (κ1) is 11.7. The summed E-state index contributed by atoms with van der Waals surface area (Å²) in [5, 5.41) is 7.72. The molecule has 60 valence electrons. The van der Waals surface area contributed by atoms with Crippen LogP contribution in [0.5, 0.6) is 0 Å². The highest BCUT2D eigenvalue weighted by Gasteiger charge is 1.80. The van der Waals surface area contributed by atoms with Crippen molar-refractivity contribution >= 4 is 11.9 Å². The Balaban J connectivity index is 0. The summed E-state index contributed by atoms with van der Waals surface area (Å²) in [6.07, 6.45) is 0.222. The smallest absolute Gasteiger partial charge is 0.303 e. The summed E-state index contributed by atoms with van der Waals surface area (Å²) in [6.45, 7) is 1.54. The number of amides is 1. The van der Waals surface area contributed by atoms with E-state index >= 15 is 0 Å². The first-order valence-corrected chi connectivity index (χ1v) is 2.74. The average Bonchev–Trinajstić information content (AvgIpc) is 1.89. The standard InChI is InChI=1S/C3H6O2.C2H6N2O/c1-2-3(4)5;3-1-2(4)5/h2H2,1H3,(H,4,5);1,3H2,(H2,4,5). The van der Waals surface area contributed by atoms with Crippen LogP contribution in [0.25, 0.3) is 0 Å². The number of carbonyl (C=O) groups is 2. The molecule has 0 aromatic heterocycles. The normalized spacial score (nSPS) is 7.40. The summed E-state index contributed by atoms with van der Waals surface area (Å²) in [5.74, 6) is -1.21. The third-order valence-corrected chi connectivity index (χ3v) is 0.504. The van der Waals surface area contributed by atoms with Crippen LogP contribution in [0.2, 0.25) is 0 Å². The maximum atomic E-state index is 9.47. The highest BCUT2D eigenvalue weighted by atomic mass is 16.4. The van der Waals surface area contributed by atoms with Gasteiger partial charge in [-0.1, -0.05) is 6.92 Å². The van der Waals surface area contributed by atoms with E-state index in [4.69, 9.17) is 10.8 Å². The fourth-order valence-electron chi connectivity index (χ4n) is 0. The molecule has 0 saturated carbocycles. The molecule has 0 spiro atoms. The number of hydrogen-bond donors (Lipinski definition) is 3. The Morgan fingerprint density at radius 2 is 1.70 bits per heavy atom. The van der Waals surface area contributed by atoms with Crippen LogP contribution < -0.4 is 11.5 Å². The second kappa shape index (κ2) is 7.90. The molecule has 0 aromatic rings. The van der Waals surface area contributed by atoms with Gasteiger partial charge in [-0.25, -0.2) is 0 Å². The van der Waals surface area contributed by atoms with Gasteiger partial charge in [0, 0.05) is 6.42 Å². The van der Waals surface area contributed by atoms with Crippen LogP contribution in [0.1, 0.15) is 13.3 Å². The van der Waals surface area contributed by atoms with Crippen LogP contribution >= 0.6 is 0 Å². The first-order chi connectivity index (χ1) is 4.54. The lowest BCUT2D eigenvalue weighted by atomic mass is 10.5. The minimum atomic E-state index is -0.745. The van der Waals surface area contributed by atoms with Gasteiger partial charge in [-0.05, 0) is 0 Å². The Hall–Kier alpha value is -1.10. The number of carboxylic acids is 1. The maximum Gasteiger partial charge on any atom is 0.303 e. The molecule has 5 N–H and O–H groups in total. The summed E-state index contributed by atoms with van der Waals surface area (Å²) < 4.78 is 0. The Morgan fingerprint density at radius 1 is 1.50 bits per heavy atom. The molecule has 10 heavy (non-hydrogen) atoms. The second-order valence-electron chi connectivity index (χ2n) is 1.42. The molecule has 1 amide bonds. The van der Waals surface area contributed by atoms with Gasteiger partial charge in [0.1, 0.15) is 0 Å². The molecule has 0 heterocycles. The Morgan fingerprint density at radius 3 is 1.70 bits per heavy atom. The SMILES string of the molecule is CCC(=O)O.NCC(N)=O. The summed E-state index contributed by atoms with van der Waals surface area (Å²) in [4.78, 5) is 18.8. The molecular formula is C5H12N2O3. The van der Waals surface area contributed by atoms with Crippen molar-refractivity contribution in [2.75, 3.05) is 6.54 Å². The summed E-state index contributed by atoms with van der Waals surface area (Å²) in [7, 11) is 0. The maximum absolute atomic E-state index is 9.47. The van der Waals surface area contributed by atoms with E-state index in [1.54, 1.807) is 6.92 Å². The Kier molecular flexibility index (Phi) is 9.22. The van der Waals surface area contributed by atoms with Crippen LogP contribution in [-0.4, -0.2) is 23.5 Å². The average molecular weight is 148 g/mol. The van der Waals surface area contributed by atoms with E-state index in [1.807, 2.05) is 0 Å². The number of rotatable bonds is 2. The highest BCUT2D eigenvalue weighted by molar-refractivity contribution is 5.75. The fourth-order valence-corrected chi connectivity index (χ4v) is 0. The summed E-state index contributed by atoms with van der Waals surface area (Å²) in [5.41, 5.74) is 9.22. The number of nitrogens with two attached hydrogens (primary N) is 2. The third-order valence-electron chi connectivity index (χ3n) is 0.504. The number of primary amides is 1. The number of carboxylic acid groups (broad SMARTS) is 1. The van der Waals surface area contributed by atoms with E-state index in [9.17, 15) is 9.59 Å². The molecular weight excluding hydrogens is 136 g/mol. The molecule has 0 radical (unpaired) electrons. The third kappa shape index (κ3) is 28.6. The van der Waals surface area contributed by atoms with Gasteiger partial charge in [0.15, 0.2) is 0 Å². The van der Waals surface area contributed by atoms with Crippen LogP contribution in [0.15, 0.2) is 0 Å². The van der Waals surface area contributed by atoms with Gasteiger partial charge in [0.25, 0.3) is 0 Å². The van der Waals surface area contributed by atoms with E-state index in [0.29, 0.717) is 0 Å². The zero-order valence-corrected chi connectivity index (χ0v) is 5.83. The lowest BCUT2D eigenvalue weighted by Crippen LogP contribution is -2.21. The summed E-state index contributed by atoms with van der Waals surface area (Å²) >= 11 is 0. The largest absolute Gasteiger partial charge is 0.481 e. The predicted molar refractivity (Wildman–Crippen MR) is 36.2 cm³/mol. The Labute approximate surface area is 59.0 Å². The predicted octanol–water partition coefficient (Wildman–Crippen LogP) is -1.09. The molecule has 0 aromatic carbocycles. The van der Waals surface area contributed by atoms with Gasteiger partial charge >= 0.3 is 5.97 Å². The molecule has 0 aliphatic rings. The van der Waals surface area contributed by atoms with Crippen molar-refractivity contribution in [1.82, 2.24) is 0 Å². The summed E-state index contributed by atoms with van der Waals surface area (Å²) in [6, 6.07) is 0. The highest BCUT2D eigenvalue weighted by Crippen LogP contribution is 1.67. The lowest BCUT2D eigenvalue weighted by molar-refractivity contribution is -0.136. The molecule has 0 atom stereocenters. The van der Waals surface area contributed by atoms with Crippen molar-refractivity contribution in [3.63, 3.8) is 0 Å². The zero-order chi connectivity index (χ0) is 8.57. The number of aliphatic carboxylic acids is 1. The van der Waals surface area contributed by atoms with E-state index in [1.165, 1.54) is 0 Å². The van der Waals surface area contributed by atoms with E-state index in [2.05, 4.69) is 5.73 Å². The van der Waals surface area contributed by atoms with Crippen molar-refractivity contribution < 1.29 is 14.7 Å². The molecule has 0 rings (SSSR count). The molecule has 0 fully saturated rings. The fraction of sp³-hybridized carbons (Fsp3) is 0.600. The molecule has 0 unspecified atom stereocenters. The van der Waals surface area contributed by atoms with Crippen molar-refractivity contribution in [3.05, 3.63) is 0 Å². The topological polar surface area (TPSA) is 106 Å². The van der Waals surface area contributed by atoms with E-state index < -0.39 is 11.9 Å². The number of carbonyl (C=O) groups excluding carboxylic acids is 1. The minimum Gasteiger partial charge on any atom is -0.481 e. The molecule has 0 saturated heterocycles. The van der Waals surface area contributed by atoms with Gasteiger partial charge in [-0.2, -0.15) is 0 Å². The second-order valence-corrected chi connectivity index (χ2v) is 1.42. The van der Waals surface area contributed by atoms with Gasteiger partial charge in [-0.15, -0.1) is 0 Å². The van der Waals surface area contributed by atoms with Crippen molar-refractivity contribution in [3.8, 4) is 0 Å². The minimum absolute atomic E-state index is 0.0556. The quantitative estimate of drug-likeness (QED) is 0.462. The van der Waals surface area contributed by atoms with E-state index in [-0.39, 0.29) is 13.0 Å². The van der Waals surface area contributed by atoms with Gasteiger partial charge < -0.3 is 16.6 Å². The lowest BCUT2D eigenvalue weighted by Gasteiger charge is -1.74. The van der Waals surface area contributed by atoms with Crippen LogP contribution in [0.3, 0.4) is 0 Å². The molecule has 0 aliphatic carbocycles. The number of hydrogen-bond acceptors (Lipinski definition) is 3. The first-order valence-electron chi connectivity index (χ1n) is 2.74. The van der Waals surface area contributed by atoms with Crippen molar-refractivity contribution in [1.29, 1.82) is 0 Å².